The number of hydrogen-bond donors (Lipinski definition) is 1. The molecule has 23 heavy (non-hydrogen) atoms. The number of carbonyl (C=O) groups is 2. The highest BCUT2D eigenvalue weighted by molar-refractivity contribution is 5.96. The first-order valence-electron chi connectivity index (χ1n) is 7.80. The van der Waals surface area contributed by atoms with E-state index in [1.807, 2.05) is 0 Å². The van der Waals surface area contributed by atoms with E-state index in [9.17, 15) is 9.59 Å². The Morgan fingerprint density at radius 2 is 2.13 bits per heavy atom. The summed E-state index contributed by atoms with van der Waals surface area (Å²) in [5, 5.41) is 3.02. The molecule has 2 atom stereocenters. The van der Waals surface area contributed by atoms with E-state index in [0.717, 1.165) is 12.8 Å². The van der Waals surface area contributed by atoms with Crippen LogP contribution in [0.3, 0.4) is 0 Å². The fraction of sp³-hybridized carbons (Fsp3) is 0.562. The van der Waals surface area contributed by atoms with Gasteiger partial charge in [0.05, 0.1) is 20.3 Å². The van der Waals surface area contributed by atoms with Gasteiger partial charge in [-0.25, -0.2) is 0 Å². The molecule has 7 nitrogen and oxygen atoms in total. The molecule has 2 unspecified atom stereocenters. The average Bonchev–Trinajstić information content (AvgIpc) is 2.87. The van der Waals surface area contributed by atoms with E-state index in [-0.39, 0.29) is 23.7 Å². The van der Waals surface area contributed by atoms with Gasteiger partial charge in [-0.05, 0) is 24.8 Å². The Balaban J connectivity index is 1.78. The summed E-state index contributed by atoms with van der Waals surface area (Å²) in [6, 6.07) is 3.36. The third kappa shape index (κ3) is 3.09. The lowest BCUT2D eigenvalue weighted by atomic mass is 9.99. The zero-order valence-electron chi connectivity index (χ0n) is 13.4. The van der Waals surface area contributed by atoms with E-state index in [0.29, 0.717) is 36.9 Å². The van der Waals surface area contributed by atoms with Gasteiger partial charge in [0.2, 0.25) is 17.7 Å². The van der Waals surface area contributed by atoms with Crippen LogP contribution >= 0.6 is 0 Å². The van der Waals surface area contributed by atoms with E-state index in [1.54, 1.807) is 17.0 Å². The Kier molecular flexibility index (Phi) is 4.36. The number of hydrogen-bond acceptors (Lipinski definition) is 5. The van der Waals surface area contributed by atoms with Crippen molar-refractivity contribution in [2.24, 2.45) is 5.92 Å². The molecule has 1 aromatic rings. The lowest BCUT2D eigenvalue weighted by Gasteiger charge is -2.18. The van der Waals surface area contributed by atoms with Crippen molar-refractivity contribution in [1.82, 2.24) is 15.2 Å². The molecule has 0 bridgehead atoms. The van der Waals surface area contributed by atoms with Gasteiger partial charge in [0.25, 0.3) is 5.91 Å². The summed E-state index contributed by atoms with van der Waals surface area (Å²) in [4.78, 5) is 30.4. The number of aromatic nitrogens is 1. The molecule has 3 rings (SSSR count). The number of nitrogens with one attached hydrogen (secondary N) is 1. The minimum absolute atomic E-state index is 0.0474. The monoisotopic (exact) mass is 319 g/mol. The minimum atomic E-state index is -0.126. The van der Waals surface area contributed by atoms with Crippen LogP contribution in [-0.4, -0.2) is 55.0 Å². The molecule has 0 spiro atoms. The molecular weight excluding hydrogens is 298 g/mol. The maximum absolute atomic E-state index is 12.8. The van der Waals surface area contributed by atoms with Gasteiger partial charge in [-0.2, -0.15) is 4.98 Å². The van der Waals surface area contributed by atoms with Crippen molar-refractivity contribution in [3.05, 3.63) is 17.7 Å². The Bertz CT molecular complexity index is 619. The zero-order valence-corrected chi connectivity index (χ0v) is 13.4. The molecule has 3 heterocycles. The first kappa shape index (κ1) is 15.6. The molecule has 0 aliphatic carbocycles. The first-order valence-corrected chi connectivity index (χ1v) is 7.80. The van der Waals surface area contributed by atoms with Gasteiger partial charge >= 0.3 is 0 Å². The molecular formula is C16H21N3O4. The molecule has 2 saturated heterocycles. The van der Waals surface area contributed by atoms with Gasteiger partial charge in [0.1, 0.15) is 5.56 Å². The Hall–Kier alpha value is -2.31. The number of nitrogens with zero attached hydrogens (tertiary/aromatic N) is 2. The normalized spacial score (nSPS) is 23.7. The number of amides is 2. The maximum Gasteiger partial charge on any atom is 0.259 e. The van der Waals surface area contributed by atoms with E-state index in [2.05, 4.69) is 10.3 Å². The molecule has 2 aliphatic rings. The van der Waals surface area contributed by atoms with Crippen molar-refractivity contribution < 1.29 is 19.1 Å². The fourth-order valence-corrected chi connectivity index (χ4v) is 3.32. The van der Waals surface area contributed by atoms with Crippen LogP contribution in [0.5, 0.6) is 11.8 Å². The molecule has 0 saturated carbocycles. The summed E-state index contributed by atoms with van der Waals surface area (Å²) in [5.41, 5.74) is 0.413. The molecule has 2 amide bonds. The predicted octanol–water partition coefficient (Wildman–Crippen LogP) is 0.839. The summed E-state index contributed by atoms with van der Waals surface area (Å²) in [6.45, 7) is 1.18. The number of ether oxygens (including phenoxy) is 2. The number of rotatable bonds is 3. The number of fused-ring (bicyclic) bond motifs is 1. The maximum atomic E-state index is 12.8. The van der Waals surface area contributed by atoms with E-state index in [1.165, 1.54) is 14.2 Å². The van der Waals surface area contributed by atoms with Crippen LogP contribution in [0, 0.1) is 5.92 Å². The molecule has 7 heteroatoms. The van der Waals surface area contributed by atoms with Crippen molar-refractivity contribution in [1.29, 1.82) is 0 Å². The average molecular weight is 319 g/mol. The van der Waals surface area contributed by atoms with Crippen LogP contribution in [0.15, 0.2) is 12.1 Å². The molecule has 1 N–H and O–H groups in total. The quantitative estimate of drug-likeness (QED) is 0.893. The van der Waals surface area contributed by atoms with E-state index < -0.39 is 0 Å². The number of pyridine rings is 1. The summed E-state index contributed by atoms with van der Waals surface area (Å²) in [5.74, 6) is 0.931. The van der Waals surface area contributed by atoms with E-state index in [4.69, 9.17) is 9.47 Å². The second kappa shape index (κ2) is 6.44. The molecule has 2 fully saturated rings. The van der Waals surface area contributed by atoms with Crippen LogP contribution in [0.1, 0.15) is 29.6 Å². The third-order valence-corrected chi connectivity index (χ3v) is 4.52. The number of methoxy groups -OCH3 is 2. The highest BCUT2D eigenvalue weighted by Gasteiger charge is 2.38. The molecule has 124 valence electrons. The number of likely N-dealkylation sites (tertiary alicyclic amines) is 1. The molecule has 0 radical (unpaired) electrons. The Morgan fingerprint density at radius 3 is 2.87 bits per heavy atom. The van der Waals surface area contributed by atoms with Crippen molar-refractivity contribution in [2.75, 3.05) is 27.3 Å². The van der Waals surface area contributed by atoms with Gasteiger partial charge in [-0.3, -0.25) is 9.59 Å². The summed E-state index contributed by atoms with van der Waals surface area (Å²) in [7, 11) is 2.99. The van der Waals surface area contributed by atoms with Gasteiger partial charge in [-0.15, -0.1) is 0 Å². The zero-order chi connectivity index (χ0) is 16.4. The smallest absolute Gasteiger partial charge is 0.259 e. The lowest BCUT2D eigenvalue weighted by molar-refractivity contribution is -0.121. The largest absolute Gasteiger partial charge is 0.481 e. The fourth-order valence-electron chi connectivity index (χ4n) is 3.32. The standard InChI is InChI=1S/C16H21N3O4/c1-22-14-7-6-11(15(18-14)23-2)16(21)19-8-10-4-3-5-13(20)17-12(10)9-19/h6-7,10,12H,3-5,8-9H2,1-2H3,(H,17,20). The topological polar surface area (TPSA) is 80.8 Å². The Labute approximate surface area is 135 Å². The lowest BCUT2D eigenvalue weighted by Crippen LogP contribution is -2.39. The van der Waals surface area contributed by atoms with Crippen LogP contribution in [-0.2, 0) is 4.79 Å². The second-order valence-electron chi connectivity index (χ2n) is 5.95. The minimum Gasteiger partial charge on any atom is -0.481 e. The Morgan fingerprint density at radius 1 is 1.30 bits per heavy atom. The van der Waals surface area contributed by atoms with Crippen LogP contribution in [0.2, 0.25) is 0 Å². The highest BCUT2D eigenvalue weighted by Crippen LogP contribution is 2.28. The number of carbonyl (C=O) groups excluding carboxylic acids is 2. The van der Waals surface area contributed by atoms with Crippen LogP contribution < -0.4 is 14.8 Å². The SMILES string of the molecule is COc1ccc(C(=O)N2CC3CCCC(=O)NC3C2)c(OC)n1. The second-order valence-corrected chi connectivity index (χ2v) is 5.95. The summed E-state index contributed by atoms with van der Waals surface area (Å²) >= 11 is 0. The molecule has 0 aromatic carbocycles. The van der Waals surface area contributed by atoms with Crippen LogP contribution in [0.4, 0.5) is 0 Å². The van der Waals surface area contributed by atoms with Gasteiger partial charge in [-0.1, -0.05) is 0 Å². The highest BCUT2D eigenvalue weighted by atomic mass is 16.5. The molecule has 2 aliphatic heterocycles. The first-order chi connectivity index (χ1) is 11.1. The van der Waals surface area contributed by atoms with Crippen molar-refractivity contribution in [3.63, 3.8) is 0 Å². The van der Waals surface area contributed by atoms with E-state index >= 15 is 0 Å². The predicted molar refractivity (Wildman–Crippen MR) is 82.5 cm³/mol. The van der Waals surface area contributed by atoms with Gasteiger partial charge in [0.15, 0.2) is 0 Å². The van der Waals surface area contributed by atoms with Gasteiger partial charge < -0.3 is 19.7 Å². The van der Waals surface area contributed by atoms with Crippen molar-refractivity contribution in [2.45, 2.75) is 25.3 Å². The van der Waals surface area contributed by atoms with Crippen LogP contribution in [0.25, 0.3) is 0 Å². The van der Waals surface area contributed by atoms with Gasteiger partial charge in [0, 0.05) is 25.6 Å². The van der Waals surface area contributed by atoms with Crippen molar-refractivity contribution in [3.8, 4) is 11.8 Å². The van der Waals surface area contributed by atoms with Crippen molar-refractivity contribution >= 4 is 11.8 Å². The summed E-state index contributed by atoms with van der Waals surface area (Å²) < 4.78 is 10.3. The summed E-state index contributed by atoms with van der Waals surface area (Å²) in [6.07, 6.45) is 2.42. The third-order valence-electron chi connectivity index (χ3n) is 4.52. The molecule has 1 aromatic heterocycles.